The Balaban J connectivity index is 1.96. The Bertz CT molecular complexity index is 995. The summed E-state index contributed by atoms with van der Waals surface area (Å²) in [5, 5.41) is 0.295. The van der Waals surface area contributed by atoms with Crippen molar-refractivity contribution in [2.75, 3.05) is 11.8 Å². The number of pyridine rings is 2. The number of anilines is 1. The highest BCUT2D eigenvalue weighted by molar-refractivity contribution is 7.92. The molecule has 0 saturated carbocycles. The molecular weight excluding hydrogens is 362 g/mol. The van der Waals surface area contributed by atoms with Gasteiger partial charge in [0.25, 0.3) is 10.0 Å². The molecule has 2 heterocycles. The summed E-state index contributed by atoms with van der Waals surface area (Å²) in [6.45, 7) is 0. The van der Waals surface area contributed by atoms with Crippen LogP contribution >= 0.6 is 11.6 Å². The van der Waals surface area contributed by atoms with Crippen LogP contribution in [0.25, 0.3) is 11.1 Å². The fraction of sp³-hybridized carbons (Fsp3) is 0.0588. The number of rotatable bonds is 5. The molecule has 1 aromatic carbocycles. The predicted octanol–water partition coefficient (Wildman–Crippen LogP) is 3.61. The topological polar surface area (TPSA) is 81.2 Å². The van der Waals surface area contributed by atoms with Crippen LogP contribution in [0.5, 0.6) is 5.75 Å². The fourth-order valence-corrected chi connectivity index (χ4v) is 3.72. The minimum Gasteiger partial charge on any atom is -0.495 e. The Kier molecular flexibility index (Phi) is 4.87. The van der Waals surface area contributed by atoms with Crippen LogP contribution in [0.15, 0.2) is 66.1 Å². The highest BCUT2D eigenvalue weighted by Crippen LogP contribution is 2.29. The van der Waals surface area contributed by atoms with E-state index in [1.807, 2.05) is 6.07 Å². The van der Waals surface area contributed by atoms with Crippen LogP contribution < -0.4 is 9.46 Å². The van der Waals surface area contributed by atoms with E-state index in [1.165, 1.54) is 25.4 Å². The summed E-state index contributed by atoms with van der Waals surface area (Å²) in [5.74, 6) is 0.202. The number of hydrogen-bond acceptors (Lipinski definition) is 5. The van der Waals surface area contributed by atoms with E-state index in [1.54, 1.807) is 36.8 Å². The molecule has 3 aromatic rings. The summed E-state index contributed by atoms with van der Waals surface area (Å²) in [6.07, 6.45) is 6.40. The number of nitrogens with one attached hydrogen (secondary N) is 1. The van der Waals surface area contributed by atoms with Crippen molar-refractivity contribution in [1.29, 1.82) is 0 Å². The van der Waals surface area contributed by atoms with Gasteiger partial charge in [-0.2, -0.15) is 0 Å². The molecule has 0 aliphatic carbocycles. The fourth-order valence-electron chi connectivity index (χ4n) is 2.26. The van der Waals surface area contributed by atoms with Gasteiger partial charge in [-0.25, -0.2) is 8.42 Å². The third-order valence-electron chi connectivity index (χ3n) is 3.40. The number of methoxy groups -OCH3 is 1. The van der Waals surface area contributed by atoms with Gasteiger partial charge in [0.1, 0.15) is 10.6 Å². The normalized spacial score (nSPS) is 11.1. The van der Waals surface area contributed by atoms with Crippen molar-refractivity contribution >= 4 is 27.3 Å². The summed E-state index contributed by atoms with van der Waals surface area (Å²) in [6, 6.07) is 9.73. The van der Waals surface area contributed by atoms with E-state index in [-0.39, 0.29) is 10.6 Å². The van der Waals surface area contributed by atoms with E-state index in [4.69, 9.17) is 16.3 Å². The summed E-state index contributed by atoms with van der Waals surface area (Å²) in [7, 11) is -2.50. The van der Waals surface area contributed by atoms with Gasteiger partial charge < -0.3 is 4.74 Å². The maximum absolute atomic E-state index is 12.7. The molecular formula is C17H14ClN3O3S. The Labute approximate surface area is 150 Å². The molecule has 0 amide bonds. The molecule has 0 spiro atoms. The average molecular weight is 376 g/mol. The number of hydrogen-bond donors (Lipinski definition) is 1. The standard InChI is InChI=1S/C17H14ClN3O3S/c1-24-16-5-4-14(18)8-17(16)25(22,23)21-15-7-13(10-20-11-15)12-3-2-6-19-9-12/h2-11,21H,1H3. The zero-order chi connectivity index (χ0) is 17.9. The van der Waals surface area contributed by atoms with Gasteiger partial charge in [0.05, 0.1) is 19.0 Å². The van der Waals surface area contributed by atoms with Gasteiger partial charge in [0.2, 0.25) is 0 Å². The molecule has 0 unspecified atom stereocenters. The molecule has 0 aliphatic heterocycles. The van der Waals surface area contributed by atoms with Crippen molar-refractivity contribution in [3.8, 4) is 16.9 Å². The van der Waals surface area contributed by atoms with Crippen molar-refractivity contribution < 1.29 is 13.2 Å². The number of nitrogens with zero attached hydrogens (tertiary/aromatic N) is 2. The Morgan fingerprint density at radius 1 is 1.04 bits per heavy atom. The van der Waals surface area contributed by atoms with E-state index < -0.39 is 10.0 Å². The third kappa shape index (κ3) is 3.89. The number of benzene rings is 1. The second-order valence-corrected chi connectivity index (χ2v) is 7.19. The van der Waals surface area contributed by atoms with Gasteiger partial charge in [-0.15, -0.1) is 0 Å². The predicted molar refractivity (Wildman–Crippen MR) is 96.3 cm³/mol. The van der Waals surface area contributed by atoms with Crippen LogP contribution in [0.2, 0.25) is 5.02 Å². The Morgan fingerprint density at radius 2 is 1.84 bits per heavy atom. The van der Waals surface area contributed by atoms with Gasteiger partial charge in [-0.3, -0.25) is 14.7 Å². The summed E-state index contributed by atoms with van der Waals surface area (Å²) in [5.41, 5.74) is 1.89. The van der Waals surface area contributed by atoms with Crippen LogP contribution in [0.1, 0.15) is 0 Å². The lowest BCUT2D eigenvalue weighted by Crippen LogP contribution is -2.14. The molecule has 1 N–H and O–H groups in total. The minimum absolute atomic E-state index is 0.0470. The quantitative estimate of drug-likeness (QED) is 0.736. The van der Waals surface area contributed by atoms with Crippen molar-refractivity contribution in [1.82, 2.24) is 9.97 Å². The molecule has 0 bridgehead atoms. The maximum Gasteiger partial charge on any atom is 0.265 e. The van der Waals surface area contributed by atoms with Gasteiger partial charge in [-0.1, -0.05) is 17.7 Å². The van der Waals surface area contributed by atoms with Crippen LogP contribution in [0.4, 0.5) is 5.69 Å². The molecule has 3 rings (SSSR count). The van der Waals surface area contributed by atoms with E-state index in [0.717, 1.165) is 11.1 Å². The van der Waals surface area contributed by atoms with Gasteiger partial charge >= 0.3 is 0 Å². The van der Waals surface area contributed by atoms with Crippen LogP contribution in [0, 0.1) is 0 Å². The summed E-state index contributed by atoms with van der Waals surface area (Å²) < 4.78 is 33.0. The minimum atomic E-state index is -3.89. The van der Waals surface area contributed by atoms with E-state index in [9.17, 15) is 8.42 Å². The van der Waals surface area contributed by atoms with Crippen molar-refractivity contribution in [3.05, 3.63) is 66.2 Å². The first kappa shape index (κ1) is 17.2. The molecule has 0 radical (unpaired) electrons. The van der Waals surface area contributed by atoms with Crippen LogP contribution in [-0.4, -0.2) is 25.5 Å². The largest absolute Gasteiger partial charge is 0.495 e. The monoisotopic (exact) mass is 375 g/mol. The first-order valence-corrected chi connectivity index (χ1v) is 9.07. The SMILES string of the molecule is COc1ccc(Cl)cc1S(=O)(=O)Nc1cncc(-c2cccnc2)c1. The first-order valence-electron chi connectivity index (χ1n) is 7.21. The molecule has 128 valence electrons. The summed E-state index contributed by atoms with van der Waals surface area (Å²) >= 11 is 5.92. The number of aromatic nitrogens is 2. The Hall–Kier alpha value is -2.64. The van der Waals surface area contributed by atoms with Crippen molar-refractivity contribution in [2.45, 2.75) is 4.90 Å². The molecule has 0 atom stereocenters. The van der Waals surface area contributed by atoms with Crippen LogP contribution in [0.3, 0.4) is 0 Å². The zero-order valence-corrected chi connectivity index (χ0v) is 14.8. The number of ether oxygens (including phenoxy) is 1. The maximum atomic E-state index is 12.7. The molecule has 0 aliphatic rings. The van der Waals surface area contributed by atoms with Crippen molar-refractivity contribution in [2.24, 2.45) is 0 Å². The van der Waals surface area contributed by atoms with Crippen molar-refractivity contribution in [3.63, 3.8) is 0 Å². The molecule has 8 heteroatoms. The second kappa shape index (κ2) is 7.08. The molecule has 25 heavy (non-hydrogen) atoms. The average Bonchev–Trinajstić information content (AvgIpc) is 2.62. The first-order chi connectivity index (χ1) is 12.0. The highest BCUT2D eigenvalue weighted by Gasteiger charge is 2.20. The number of sulfonamides is 1. The lowest BCUT2D eigenvalue weighted by Gasteiger charge is -2.12. The zero-order valence-electron chi connectivity index (χ0n) is 13.2. The van der Waals surface area contributed by atoms with Gasteiger partial charge in [-0.05, 0) is 30.3 Å². The highest BCUT2D eigenvalue weighted by atomic mass is 35.5. The molecule has 0 saturated heterocycles. The summed E-state index contributed by atoms with van der Waals surface area (Å²) in [4.78, 5) is 8.09. The van der Waals surface area contributed by atoms with E-state index >= 15 is 0 Å². The Morgan fingerprint density at radius 3 is 2.56 bits per heavy atom. The van der Waals surface area contributed by atoms with Gasteiger partial charge in [0.15, 0.2) is 0 Å². The smallest absolute Gasteiger partial charge is 0.265 e. The molecule has 6 nitrogen and oxygen atoms in total. The second-order valence-electron chi connectivity index (χ2n) is 5.10. The van der Waals surface area contributed by atoms with Gasteiger partial charge in [0, 0.05) is 34.7 Å². The lowest BCUT2D eigenvalue weighted by atomic mass is 10.1. The molecule has 2 aromatic heterocycles. The molecule has 0 fully saturated rings. The van der Waals surface area contributed by atoms with E-state index in [2.05, 4.69) is 14.7 Å². The number of halogens is 1. The van der Waals surface area contributed by atoms with Crippen LogP contribution in [-0.2, 0) is 10.0 Å². The van der Waals surface area contributed by atoms with E-state index in [0.29, 0.717) is 10.7 Å². The third-order valence-corrected chi connectivity index (χ3v) is 5.04. The lowest BCUT2D eigenvalue weighted by molar-refractivity contribution is 0.403.